The van der Waals surface area contributed by atoms with Crippen LogP contribution in [0.2, 0.25) is 0 Å². The summed E-state index contributed by atoms with van der Waals surface area (Å²) in [6, 6.07) is 7.38. The molecule has 6 heteroatoms. The van der Waals surface area contributed by atoms with Gasteiger partial charge in [0, 0.05) is 30.0 Å². The van der Waals surface area contributed by atoms with E-state index in [4.69, 9.17) is 19.9 Å². The number of Topliss-reactive ketones (excluding diaryl/α,β-unsaturated/α-hetero) is 1. The average Bonchev–Trinajstić information content (AvgIpc) is 2.60. The molecule has 1 aromatic carbocycles. The summed E-state index contributed by atoms with van der Waals surface area (Å²) in [5, 5.41) is 9.57. The first-order valence-corrected chi connectivity index (χ1v) is 7.66. The molecule has 1 aliphatic heterocycles. The fourth-order valence-electron chi connectivity index (χ4n) is 3.22. The van der Waals surface area contributed by atoms with Crippen molar-refractivity contribution in [2.45, 2.75) is 25.2 Å². The summed E-state index contributed by atoms with van der Waals surface area (Å²) in [6.07, 6.45) is 1.80. The number of carbonyl (C=O) groups excluding carboxylic acids is 1. The van der Waals surface area contributed by atoms with Crippen molar-refractivity contribution in [3.05, 3.63) is 46.6 Å². The highest BCUT2D eigenvalue weighted by atomic mass is 16.5. The summed E-state index contributed by atoms with van der Waals surface area (Å²) in [4.78, 5) is 12.5. The number of rotatable bonds is 3. The maximum Gasteiger partial charge on any atom is 0.205 e. The number of hydrogen-bond donors (Lipinski definition) is 1. The van der Waals surface area contributed by atoms with Crippen LogP contribution < -0.4 is 15.2 Å². The SMILES string of the molecule is COc1ccc([C@@H]2C(C#N)=C(N)OC3=C2C(=O)CCC3)c(OC)c1. The molecule has 2 N–H and O–H groups in total. The van der Waals surface area contributed by atoms with E-state index < -0.39 is 5.92 Å². The van der Waals surface area contributed by atoms with Gasteiger partial charge in [0.05, 0.1) is 20.1 Å². The quantitative estimate of drug-likeness (QED) is 0.917. The minimum Gasteiger partial charge on any atom is -0.497 e. The van der Waals surface area contributed by atoms with Crippen molar-refractivity contribution >= 4 is 5.78 Å². The van der Waals surface area contributed by atoms with Gasteiger partial charge in [-0.05, 0) is 12.5 Å². The van der Waals surface area contributed by atoms with Gasteiger partial charge in [0.25, 0.3) is 0 Å². The number of allylic oxidation sites excluding steroid dienone is 3. The predicted molar refractivity (Wildman–Crippen MR) is 86.1 cm³/mol. The molecule has 0 radical (unpaired) electrons. The van der Waals surface area contributed by atoms with Crippen LogP contribution in [0.1, 0.15) is 30.7 Å². The van der Waals surface area contributed by atoms with Gasteiger partial charge in [0.2, 0.25) is 5.88 Å². The number of ether oxygens (including phenoxy) is 3. The van der Waals surface area contributed by atoms with Gasteiger partial charge in [-0.25, -0.2) is 0 Å². The summed E-state index contributed by atoms with van der Waals surface area (Å²) >= 11 is 0. The zero-order valence-electron chi connectivity index (χ0n) is 13.6. The third-order valence-corrected chi connectivity index (χ3v) is 4.36. The van der Waals surface area contributed by atoms with E-state index in [1.807, 2.05) is 0 Å². The largest absolute Gasteiger partial charge is 0.497 e. The fraction of sp³-hybridized carbons (Fsp3) is 0.333. The average molecular weight is 326 g/mol. The van der Waals surface area contributed by atoms with E-state index in [2.05, 4.69) is 6.07 Å². The Morgan fingerprint density at radius 3 is 2.75 bits per heavy atom. The zero-order chi connectivity index (χ0) is 17.3. The zero-order valence-corrected chi connectivity index (χ0v) is 13.6. The van der Waals surface area contributed by atoms with Crippen molar-refractivity contribution in [1.29, 1.82) is 5.26 Å². The summed E-state index contributed by atoms with van der Waals surface area (Å²) in [5.41, 5.74) is 7.38. The van der Waals surface area contributed by atoms with E-state index in [9.17, 15) is 10.1 Å². The number of nitrogens with zero attached hydrogens (tertiary/aromatic N) is 1. The van der Waals surface area contributed by atoms with Gasteiger partial charge in [0.1, 0.15) is 28.9 Å². The highest BCUT2D eigenvalue weighted by molar-refractivity contribution is 5.99. The van der Waals surface area contributed by atoms with Crippen molar-refractivity contribution in [3.8, 4) is 17.6 Å². The lowest BCUT2D eigenvalue weighted by molar-refractivity contribution is -0.116. The lowest BCUT2D eigenvalue weighted by Crippen LogP contribution is -2.27. The second kappa shape index (κ2) is 6.28. The number of nitriles is 1. The summed E-state index contributed by atoms with van der Waals surface area (Å²) < 4.78 is 16.2. The predicted octanol–water partition coefficient (Wildman–Crippen LogP) is 2.52. The van der Waals surface area contributed by atoms with Crippen LogP contribution in [0, 0.1) is 11.3 Å². The molecule has 124 valence electrons. The second-order valence-corrected chi connectivity index (χ2v) is 5.65. The van der Waals surface area contributed by atoms with Crippen LogP contribution in [0.5, 0.6) is 11.5 Å². The van der Waals surface area contributed by atoms with E-state index >= 15 is 0 Å². The first kappa shape index (κ1) is 15.9. The van der Waals surface area contributed by atoms with Crippen LogP contribution in [0.15, 0.2) is 41.0 Å². The van der Waals surface area contributed by atoms with Gasteiger partial charge >= 0.3 is 0 Å². The second-order valence-electron chi connectivity index (χ2n) is 5.65. The van der Waals surface area contributed by atoms with E-state index in [0.717, 1.165) is 6.42 Å². The van der Waals surface area contributed by atoms with Gasteiger partial charge in [-0.3, -0.25) is 4.79 Å². The molecule has 0 aromatic heterocycles. The molecule has 0 spiro atoms. The molecule has 0 saturated heterocycles. The summed E-state index contributed by atoms with van der Waals surface area (Å²) in [5.74, 6) is 1.18. The number of benzene rings is 1. The van der Waals surface area contributed by atoms with Crippen molar-refractivity contribution in [2.24, 2.45) is 5.73 Å². The molecule has 1 atom stereocenters. The van der Waals surface area contributed by atoms with Crippen LogP contribution in [0.3, 0.4) is 0 Å². The Hall–Kier alpha value is -2.94. The van der Waals surface area contributed by atoms with Gasteiger partial charge < -0.3 is 19.9 Å². The van der Waals surface area contributed by atoms with Crippen LogP contribution in [-0.2, 0) is 9.53 Å². The Labute approximate surface area is 140 Å². The topological polar surface area (TPSA) is 94.6 Å². The van der Waals surface area contributed by atoms with Crippen molar-refractivity contribution in [3.63, 3.8) is 0 Å². The maximum absolute atomic E-state index is 12.5. The first-order chi connectivity index (χ1) is 11.6. The molecule has 3 rings (SSSR count). The van der Waals surface area contributed by atoms with Crippen LogP contribution >= 0.6 is 0 Å². The molecule has 6 nitrogen and oxygen atoms in total. The number of carbonyl (C=O) groups is 1. The van der Waals surface area contributed by atoms with Crippen LogP contribution in [-0.4, -0.2) is 20.0 Å². The Kier molecular flexibility index (Phi) is 4.17. The standard InChI is InChI=1S/C18H18N2O4/c1-22-10-6-7-11(15(8-10)23-2)16-12(9-19)18(20)24-14-5-3-4-13(21)17(14)16/h6-8,16H,3-5,20H2,1-2H3/t16-/m1/s1. The Balaban J connectivity index is 2.21. The molecule has 0 amide bonds. The molecule has 1 aliphatic carbocycles. The van der Waals surface area contributed by atoms with Gasteiger partial charge in [-0.15, -0.1) is 0 Å². The molecule has 24 heavy (non-hydrogen) atoms. The molecule has 0 fully saturated rings. The Bertz CT molecular complexity index is 802. The molecule has 2 aliphatic rings. The molecule has 1 aromatic rings. The number of ketones is 1. The third kappa shape index (κ3) is 2.48. The smallest absolute Gasteiger partial charge is 0.205 e. The van der Waals surface area contributed by atoms with E-state index in [0.29, 0.717) is 41.2 Å². The minimum atomic E-state index is -0.576. The third-order valence-electron chi connectivity index (χ3n) is 4.36. The van der Waals surface area contributed by atoms with E-state index in [-0.39, 0.29) is 17.2 Å². The Morgan fingerprint density at radius 2 is 2.08 bits per heavy atom. The highest BCUT2D eigenvalue weighted by Crippen LogP contribution is 2.46. The van der Waals surface area contributed by atoms with Crippen LogP contribution in [0.4, 0.5) is 0 Å². The van der Waals surface area contributed by atoms with Gasteiger partial charge in [-0.1, -0.05) is 6.07 Å². The number of hydrogen-bond acceptors (Lipinski definition) is 6. The number of nitrogens with two attached hydrogens (primary N) is 1. The minimum absolute atomic E-state index is 0.0145. The van der Waals surface area contributed by atoms with Crippen LogP contribution in [0.25, 0.3) is 0 Å². The van der Waals surface area contributed by atoms with Gasteiger partial charge in [0.15, 0.2) is 5.78 Å². The van der Waals surface area contributed by atoms with Gasteiger partial charge in [-0.2, -0.15) is 5.26 Å². The van der Waals surface area contributed by atoms with E-state index in [1.165, 1.54) is 7.11 Å². The first-order valence-electron chi connectivity index (χ1n) is 7.66. The fourth-order valence-corrected chi connectivity index (χ4v) is 3.22. The van der Waals surface area contributed by atoms with Crippen molar-refractivity contribution in [2.75, 3.05) is 14.2 Å². The lowest BCUT2D eigenvalue weighted by atomic mass is 9.77. The highest BCUT2D eigenvalue weighted by Gasteiger charge is 2.39. The molecular formula is C18H18N2O4. The molecule has 0 bridgehead atoms. The summed E-state index contributed by atoms with van der Waals surface area (Å²) in [6.45, 7) is 0. The monoisotopic (exact) mass is 326 g/mol. The van der Waals surface area contributed by atoms with Crippen molar-refractivity contribution in [1.82, 2.24) is 0 Å². The lowest BCUT2D eigenvalue weighted by Gasteiger charge is -2.31. The summed E-state index contributed by atoms with van der Waals surface area (Å²) in [7, 11) is 3.10. The molecular weight excluding hydrogens is 308 g/mol. The molecule has 0 unspecified atom stereocenters. The van der Waals surface area contributed by atoms with E-state index in [1.54, 1.807) is 25.3 Å². The normalized spacial score (nSPS) is 20.2. The number of methoxy groups -OCH3 is 2. The Morgan fingerprint density at radius 1 is 1.29 bits per heavy atom. The molecule has 1 heterocycles. The van der Waals surface area contributed by atoms with Crippen molar-refractivity contribution < 1.29 is 19.0 Å². The molecule has 0 saturated carbocycles. The maximum atomic E-state index is 12.5.